The molecule has 0 aliphatic heterocycles. The summed E-state index contributed by atoms with van der Waals surface area (Å²) < 4.78 is 26.8. The highest BCUT2D eigenvalue weighted by Gasteiger charge is 2.29. The van der Waals surface area contributed by atoms with E-state index in [9.17, 15) is 18.0 Å². The van der Waals surface area contributed by atoms with E-state index >= 15 is 0 Å². The maximum atomic E-state index is 13.3. The van der Waals surface area contributed by atoms with Crippen molar-refractivity contribution in [1.82, 2.24) is 14.5 Å². The number of hydrogen-bond acceptors (Lipinski definition) is 4. The van der Waals surface area contributed by atoms with Crippen molar-refractivity contribution in [2.24, 2.45) is 5.92 Å². The van der Waals surface area contributed by atoms with Crippen LogP contribution in [0.15, 0.2) is 59.5 Å². The van der Waals surface area contributed by atoms with Crippen LogP contribution in [-0.2, 0) is 26.2 Å². The maximum Gasteiger partial charge on any atom is 0.242 e. The van der Waals surface area contributed by atoms with Gasteiger partial charge in [-0.25, -0.2) is 12.7 Å². The fourth-order valence-electron chi connectivity index (χ4n) is 3.72. The molecule has 2 amide bonds. The SMILES string of the molecule is CCC(C(=O)NCC(C)C)N(Cc1ccc(C)cc1)C(=O)CCCN(C)S(=O)(=O)c1ccccc1. The predicted octanol–water partition coefficient (Wildman–Crippen LogP) is 3.98. The summed E-state index contributed by atoms with van der Waals surface area (Å²) in [6.07, 6.45) is 0.994. The molecule has 0 radical (unpaired) electrons. The minimum absolute atomic E-state index is 0.147. The normalized spacial score (nSPS) is 12.5. The zero-order chi connectivity index (χ0) is 26.0. The number of carbonyl (C=O) groups excluding carboxylic acids is 2. The van der Waals surface area contributed by atoms with E-state index in [1.54, 1.807) is 35.2 Å². The number of amides is 2. The van der Waals surface area contributed by atoms with Crippen molar-refractivity contribution >= 4 is 21.8 Å². The van der Waals surface area contributed by atoms with Gasteiger partial charge in [0.25, 0.3) is 0 Å². The Bertz CT molecular complexity index is 1050. The fraction of sp³-hybridized carbons (Fsp3) is 0.481. The van der Waals surface area contributed by atoms with E-state index in [1.807, 2.05) is 52.0 Å². The van der Waals surface area contributed by atoms with E-state index in [1.165, 1.54) is 11.4 Å². The first-order valence-electron chi connectivity index (χ1n) is 12.2. The number of hydrogen-bond donors (Lipinski definition) is 1. The minimum atomic E-state index is -3.62. The van der Waals surface area contributed by atoms with Gasteiger partial charge in [0.15, 0.2) is 0 Å². The van der Waals surface area contributed by atoms with Crippen LogP contribution >= 0.6 is 0 Å². The van der Waals surface area contributed by atoms with E-state index < -0.39 is 16.1 Å². The van der Waals surface area contributed by atoms with Gasteiger partial charge in [-0.2, -0.15) is 0 Å². The monoisotopic (exact) mass is 501 g/mol. The standard InChI is InChI=1S/C27H39N3O4S/c1-6-25(27(32)28-19-21(2)3)30(20-23-16-14-22(4)15-17-23)26(31)13-10-18-29(5)35(33,34)24-11-8-7-9-12-24/h7-9,11-12,14-17,21,25H,6,10,13,18-20H2,1-5H3,(H,28,32). The van der Waals surface area contributed by atoms with Crippen LogP contribution in [0.4, 0.5) is 0 Å². The van der Waals surface area contributed by atoms with E-state index in [2.05, 4.69) is 5.32 Å². The Morgan fingerprint density at radius 3 is 2.20 bits per heavy atom. The van der Waals surface area contributed by atoms with Gasteiger partial charge in [-0.05, 0) is 43.4 Å². The lowest BCUT2D eigenvalue weighted by Gasteiger charge is -2.31. The van der Waals surface area contributed by atoms with Crippen LogP contribution < -0.4 is 5.32 Å². The Hall–Kier alpha value is -2.71. The molecule has 1 N–H and O–H groups in total. The maximum absolute atomic E-state index is 13.3. The second-order valence-electron chi connectivity index (χ2n) is 9.31. The van der Waals surface area contributed by atoms with Gasteiger partial charge in [-0.1, -0.05) is 68.8 Å². The minimum Gasteiger partial charge on any atom is -0.354 e. The van der Waals surface area contributed by atoms with Crippen molar-refractivity contribution in [2.45, 2.75) is 64.4 Å². The molecule has 2 aromatic carbocycles. The first kappa shape index (κ1) is 28.5. The van der Waals surface area contributed by atoms with Gasteiger partial charge in [-0.3, -0.25) is 9.59 Å². The Kier molecular flexibility index (Phi) is 10.9. The highest BCUT2D eigenvalue weighted by Crippen LogP contribution is 2.17. The van der Waals surface area contributed by atoms with Crippen LogP contribution in [0.25, 0.3) is 0 Å². The van der Waals surface area contributed by atoms with Gasteiger partial charge in [0.2, 0.25) is 21.8 Å². The summed E-state index contributed by atoms with van der Waals surface area (Å²) in [5.41, 5.74) is 2.07. The average Bonchev–Trinajstić information content (AvgIpc) is 2.84. The van der Waals surface area contributed by atoms with Gasteiger partial charge in [0.05, 0.1) is 4.90 Å². The fourth-order valence-corrected chi connectivity index (χ4v) is 4.95. The number of sulfonamides is 1. The van der Waals surface area contributed by atoms with Gasteiger partial charge in [0, 0.05) is 33.1 Å². The lowest BCUT2D eigenvalue weighted by Crippen LogP contribution is -2.49. The number of rotatable bonds is 13. The molecule has 0 saturated carbocycles. The van der Waals surface area contributed by atoms with Gasteiger partial charge in [-0.15, -0.1) is 0 Å². The van der Waals surface area contributed by atoms with Crippen molar-refractivity contribution in [3.8, 4) is 0 Å². The van der Waals surface area contributed by atoms with Gasteiger partial charge in [0.1, 0.15) is 6.04 Å². The summed E-state index contributed by atoms with van der Waals surface area (Å²) in [5.74, 6) is -0.0205. The lowest BCUT2D eigenvalue weighted by atomic mass is 10.1. The first-order valence-corrected chi connectivity index (χ1v) is 13.6. The summed E-state index contributed by atoms with van der Waals surface area (Å²) in [6, 6.07) is 15.6. The third-order valence-electron chi connectivity index (χ3n) is 5.86. The Morgan fingerprint density at radius 2 is 1.63 bits per heavy atom. The van der Waals surface area contributed by atoms with Crippen molar-refractivity contribution < 1.29 is 18.0 Å². The number of nitrogens with one attached hydrogen (secondary N) is 1. The zero-order valence-corrected chi connectivity index (χ0v) is 22.3. The molecule has 192 valence electrons. The molecule has 1 unspecified atom stereocenters. The van der Waals surface area contributed by atoms with E-state index in [0.717, 1.165) is 11.1 Å². The van der Waals surface area contributed by atoms with Crippen LogP contribution in [-0.4, -0.2) is 55.6 Å². The summed E-state index contributed by atoms with van der Waals surface area (Å²) in [7, 11) is -2.10. The number of benzene rings is 2. The number of aryl methyl sites for hydroxylation is 1. The molecule has 2 rings (SSSR count). The zero-order valence-electron chi connectivity index (χ0n) is 21.5. The van der Waals surface area contributed by atoms with Crippen LogP contribution in [0, 0.1) is 12.8 Å². The predicted molar refractivity (Wildman–Crippen MR) is 139 cm³/mol. The summed E-state index contributed by atoms with van der Waals surface area (Å²) in [5, 5.41) is 2.96. The molecule has 35 heavy (non-hydrogen) atoms. The van der Waals surface area contributed by atoms with Crippen molar-refractivity contribution in [2.75, 3.05) is 20.1 Å². The van der Waals surface area contributed by atoms with E-state index in [-0.39, 0.29) is 29.7 Å². The van der Waals surface area contributed by atoms with Gasteiger partial charge >= 0.3 is 0 Å². The third-order valence-corrected chi connectivity index (χ3v) is 7.73. The average molecular weight is 502 g/mol. The number of nitrogens with zero attached hydrogens (tertiary/aromatic N) is 2. The number of carbonyl (C=O) groups is 2. The molecule has 7 nitrogen and oxygen atoms in total. The Balaban J connectivity index is 2.11. The molecule has 8 heteroatoms. The van der Waals surface area contributed by atoms with Crippen LogP contribution in [0.3, 0.4) is 0 Å². The van der Waals surface area contributed by atoms with Crippen LogP contribution in [0.5, 0.6) is 0 Å². The van der Waals surface area contributed by atoms with Gasteiger partial charge < -0.3 is 10.2 Å². The second kappa shape index (κ2) is 13.4. The van der Waals surface area contributed by atoms with Crippen molar-refractivity contribution in [3.05, 3.63) is 65.7 Å². The molecule has 0 heterocycles. The highest BCUT2D eigenvalue weighted by molar-refractivity contribution is 7.89. The van der Waals surface area contributed by atoms with E-state index in [4.69, 9.17) is 0 Å². The smallest absolute Gasteiger partial charge is 0.242 e. The van der Waals surface area contributed by atoms with Crippen LogP contribution in [0.1, 0.15) is 51.2 Å². The third kappa shape index (κ3) is 8.47. The van der Waals surface area contributed by atoms with Crippen LogP contribution in [0.2, 0.25) is 0 Å². The molecule has 1 atom stereocenters. The molecule has 0 fully saturated rings. The van der Waals surface area contributed by atoms with E-state index in [0.29, 0.717) is 31.8 Å². The first-order chi connectivity index (χ1) is 16.6. The summed E-state index contributed by atoms with van der Waals surface area (Å²) >= 11 is 0. The summed E-state index contributed by atoms with van der Waals surface area (Å²) in [6.45, 7) is 9.02. The molecule has 0 saturated heterocycles. The van der Waals surface area contributed by atoms with Crippen molar-refractivity contribution in [1.29, 1.82) is 0 Å². The summed E-state index contributed by atoms with van der Waals surface area (Å²) in [4.78, 5) is 28.1. The largest absolute Gasteiger partial charge is 0.354 e. The molecule has 0 aliphatic rings. The molecule has 0 spiro atoms. The molecule has 0 bridgehead atoms. The molecule has 2 aromatic rings. The second-order valence-corrected chi connectivity index (χ2v) is 11.4. The molecular weight excluding hydrogens is 462 g/mol. The topological polar surface area (TPSA) is 86.8 Å². The Morgan fingerprint density at radius 1 is 1.00 bits per heavy atom. The quantitative estimate of drug-likeness (QED) is 0.450. The van der Waals surface area contributed by atoms with Crippen molar-refractivity contribution in [3.63, 3.8) is 0 Å². The molecule has 0 aliphatic carbocycles. The Labute approximate surface area is 210 Å². The molecular formula is C27H39N3O4S. The molecule has 0 aromatic heterocycles. The lowest BCUT2D eigenvalue weighted by molar-refractivity contribution is -0.141. The highest BCUT2D eigenvalue weighted by atomic mass is 32.2.